The van der Waals surface area contributed by atoms with Crippen LogP contribution in [0.4, 0.5) is 0 Å². The summed E-state index contributed by atoms with van der Waals surface area (Å²) in [5, 5.41) is 10.6. The monoisotopic (exact) mass is 297 g/mol. The Balaban J connectivity index is 2.75. The van der Waals surface area contributed by atoms with Gasteiger partial charge in [0.15, 0.2) is 11.4 Å². The molecule has 0 unspecified atom stereocenters. The number of esters is 1. The number of aromatic nitrogens is 3. The summed E-state index contributed by atoms with van der Waals surface area (Å²) in [6, 6.07) is 0. The Kier molecular flexibility index (Phi) is 3.85. The van der Waals surface area contributed by atoms with E-state index in [1.165, 1.54) is 4.57 Å². The summed E-state index contributed by atoms with van der Waals surface area (Å²) >= 11 is 6.10. The summed E-state index contributed by atoms with van der Waals surface area (Å²) in [6.45, 7) is 5.79. The Bertz CT molecular complexity index is 679. The number of rotatable bonds is 3. The number of carbonyl (C=O) groups excluding carboxylic acids is 1. The first-order valence-electron chi connectivity index (χ1n) is 6.30. The van der Waals surface area contributed by atoms with Crippen LogP contribution in [0.15, 0.2) is 0 Å². The normalized spacial score (nSPS) is 11.3. The van der Waals surface area contributed by atoms with Crippen LogP contribution in [0.5, 0.6) is 5.75 Å². The first-order valence-corrected chi connectivity index (χ1v) is 6.68. The topological polar surface area (TPSA) is 77.2 Å². The van der Waals surface area contributed by atoms with E-state index in [0.717, 1.165) is 0 Å². The second kappa shape index (κ2) is 5.28. The molecule has 1 N–H and O–H groups in total. The fourth-order valence-electron chi connectivity index (χ4n) is 1.96. The van der Waals surface area contributed by atoms with Gasteiger partial charge in [-0.3, -0.25) is 0 Å². The van der Waals surface area contributed by atoms with Crippen molar-refractivity contribution in [2.45, 2.75) is 26.7 Å². The summed E-state index contributed by atoms with van der Waals surface area (Å²) < 4.78 is 6.40. The van der Waals surface area contributed by atoms with Gasteiger partial charge in [-0.05, 0) is 6.92 Å². The molecule has 0 aliphatic carbocycles. The maximum Gasteiger partial charge on any atom is 0.358 e. The van der Waals surface area contributed by atoms with E-state index >= 15 is 0 Å². The Morgan fingerprint density at radius 2 is 2.10 bits per heavy atom. The van der Waals surface area contributed by atoms with Gasteiger partial charge in [0, 0.05) is 13.0 Å². The zero-order chi connectivity index (χ0) is 15.0. The van der Waals surface area contributed by atoms with E-state index in [1.54, 1.807) is 14.0 Å². The molecule has 20 heavy (non-hydrogen) atoms. The molecule has 0 aromatic carbocycles. The van der Waals surface area contributed by atoms with Crippen LogP contribution in [0.25, 0.3) is 11.0 Å². The molecule has 0 radical (unpaired) electrons. The third kappa shape index (κ3) is 2.20. The summed E-state index contributed by atoms with van der Waals surface area (Å²) in [5.74, 6) is -0.229. The van der Waals surface area contributed by atoms with Crippen LogP contribution >= 0.6 is 11.6 Å². The number of ether oxygens (including phenoxy) is 1. The van der Waals surface area contributed by atoms with Crippen molar-refractivity contribution in [3.05, 3.63) is 16.7 Å². The second-order valence-electron chi connectivity index (χ2n) is 4.70. The number of nitrogens with zero attached hydrogens (tertiary/aromatic N) is 3. The smallest absolute Gasteiger partial charge is 0.358 e. The van der Waals surface area contributed by atoms with Gasteiger partial charge in [0.25, 0.3) is 0 Å². The van der Waals surface area contributed by atoms with Gasteiger partial charge in [-0.15, -0.1) is 0 Å². The van der Waals surface area contributed by atoms with Crippen molar-refractivity contribution in [2.75, 3.05) is 6.61 Å². The number of aromatic hydroxyl groups is 1. The number of hydrogen-bond donors (Lipinski definition) is 1. The molecule has 2 heterocycles. The lowest BCUT2D eigenvalue weighted by Gasteiger charge is -2.05. The van der Waals surface area contributed by atoms with Crippen LogP contribution in [0.2, 0.25) is 5.15 Å². The lowest BCUT2D eigenvalue weighted by Crippen LogP contribution is -2.10. The maximum absolute atomic E-state index is 11.9. The van der Waals surface area contributed by atoms with E-state index < -0.39 is 5.97 Å². The molecule has 7 heteroatoms. The van der Waals surface area contributed by atoms with Crippen molar-refractivity contribution in [3.63, 3.8) is 0 Å². The standard InChI is InChI=1S/C13H16ClN3O3/c1-5-20-13(19)8-9(18)7-10(14)15-11(6(2)3)16-12(7)17(8)4/h6,18H,5H2,1-4H3. The molecule has 108 valence electrons. The lowest BCUT2D eigenvalue weighted by atomic mass is 10.2. The van der Waals surface area contributed by atoms with Crippen LogP contribution < -0.4 is 0 Å². The first kappa shape index (κ1) is 14.6. The summed E-state index contributed by atoms with van der Waals surface area (Å²) in [6.07, 6.45) is 0. The van der Waals surface area contributed by atoms with E-state index in [0.29, 0.717) is 11.5 Å². The van der Waals surface area contributed by atoms with Gasteiger partial charge >= 0.3 is 5.97 Å². The molecule has 2 rings (SSSR count). The molecule has 0 aliphatic rings. The minimum atomic E-state index is -0.618. The zero-order valence-corrected chi connectivity index (χ0v) is 12.5. The molecule has 2 aromatic heterocycles. The second-order valence-corrected chi connectivity index (χ2v) is 5.06. The lowest BCUT2D eigenvalue weighted by molar-refractivity contribution is 0.0512. The molecule has 2 aromatic rings. The summed E-state index contributed by atoms with van der Waals surface area (Å²) in [5.41, 5.74) is 0.438. The van der Waals surface area contributed by atoms with Crippen molar-refractivity contribution in [2.24, 2.45) is 7.05 Å². The van der Waals surface area contributed by atoms with Crippen molar-refractivity contribution < 1.29 is 14.6 Å². The Hall–Kier alpha value is -1.82. The fourth-order valence-corrected chi connectivity index (χ4v) is 2.22. The van der Waals surface area contributed by atoms with Gasteiger partial charge < -0.3 is 14.4 Å². The third-order valence-electron chi connectivity index (χ3n) is 2.96. The highest BCUT2D eigenvalue weighted by Crippen LogP contribution is 2.35. The highest BCUT2D eigenvalue weighted by Gasteiger charge is 2.26. The Morgan fingerprint density at radius 1 is 1.45 bits per heavy atom. The molecule has 0 bridgehead atoms. The van der Waals surface area contributed by atoms with Crippen LogP contribution in [0.1, 0.15) is 43.0 Å². The predicted octanol–water partition coefficient (Wildman–Crippen LogP) is 2.63. The van der Waals surface area contributed by atoms with E-state index in [-0.39, 0.29) is 34.5 Å². The van der Waals surface area contributed by atoms with Gasteiger partial charge in [-0.25, -0.2) is 14.8 Å². The molecule has 0 saturated heterocycles. The minimum absolute atomic E-state index is 0.0268. The molecule has 0 spiro atoms. The van der Waals surface area contributed by atoms with Crippen molar-refractivity contribution in [1.29, 1.82) is 0 Å². The van der Waals surface area contributed by atoms with Gasteiger partial charge in [-0.2, -0.15) is 0 Å². The SMILES string of the molecule is CCOC(=O)c1c(O)c2c(Cl)nc(C(C)C)nc2n1C. The molecule has 0 fully saturated rings. The average molecular weight is 298 g/mol. The summed E-state index contributed by atoms with van der Waals surface area (Å²) in [4.78, 5) is 20.4. The van der Waals surface area contributed by atoms with E-state index in [2.05, 4.69) is 9.97 Å². The van der Waals surface area contributed by atoms with Crippen LogP contribution in [-0.4, -0.2) is 32.2 Å². The fraction of sp³-hybridized carbons (Fsp3) is 0.462. The minimum Gasteiger partial charge on any atom is -0.505 e. The zero-order valence-electron chi connectivity index (χ0n) is 11.8. The molecule has 0 saturated carbocycles. The molecule has 0 atom stereocenters. The third-order valence-corrected chi connectivity index (χ3v) is 3.24. The van der Waals surface area contributed by atoms with Crippen LogP contribution in [0.3, 0.4) is 0 Å². The van der Waals surface area contributed by atoms with Gasteiger partial charge in [-0.1, -0.05) is 25.4 Å². The highest BCUT2D eigenvalue weighted by molar-refractivity contribution is 6.35. The molecule has 0 aliphatic heterocycles. The first-order chi connectivity index (χ1) is 9.38. The van der Waals surface area contributed by atoms with Gasteiger partial charge in [0.1, 0.15) is 16.6 Å². The summed E-state index contributed by atoms with van der Waals surface area (Å²) in [7, 11) is 1.63. The quantitative estimate of drug-likeness (QED) is 0.696. The van der Waals surface area contributed by atoms with Crippen molar-refractivity contribution in [1.82, 2.24) is 14.5 Å². The molecule has 6 nitrogen and oxygen atoms in total. The van der Waals surface area contributed by atoms with Crippen molar-refractivity contribution >= 4 is 28.6 Å². The van der Waals surface area contributed by atoms with Crippen LogP contribution in [0, 0.1) is 0 Å². The number of carbonyl (C=O) groups is 1. The number of aryl methyl sites for hydroxylation is 1. The van der Waals surface area contributed by atoms with Crippen LogP contribution in [-0.2, 0) is 11.8 Å². The molecular formula is C13H16ClN3O3. The maximum atomic E-state index is 11.9. The largest absolute Gasteiger partial charge is 0.505 e. The average Bonchev–Trinajstić information content (AvgIpc) is 2.62. The predicted molar refractivity (Wildman–Crippen MR) is 75.2 cm³/mol. The number of fused-ring (bicyclic) bond motifs is 1. The number of hydrogen-bond acceptors (Lipinski definition) is 5. The van der Waals surface area contributed by atoms with E-state index in [4.69, 9.17) is 16.3 Å². The van der Waals surface area contributed by atoms with Gasteiger partial charge in [0.05, 0.1) is 12.0 Å². The molecular weight excluding hydrogens is 282 g/mol. The Morgan fingerprint density at radius 3 is 2.65 bits per heavy atom. The highest BCUT2D eigenvalue weighted by atomic mass is 35.5. The number of halogens is 1. The molecule has 0 amide bonds. The Labute approximate surface area is 121 Å². The van der Waals surface area contributed by atoms with E-state index in [9.17, 15) is 9.90 Å². The van der Waals surface area contributed by atoms with Gasteiger partial charge in [0.2, 0.25) is 0 Å². The van der Waals surface area contributed by atoms with E-state index in [1.807, 2.05) is 13.8 Å². The van der Waals surface area contributed by atoms with Crippen molar-refractivity contribution in [3.8, 4) is 5.75 Å².